The molecule has 0 radical (unpaired) electrons. The predicted octanol–water partition coefficient (Wildman–Crippen LogP) is 4.44. The lowest BCUT2D eigenvalue weighted by atomic mass is 10.3. The molecule has 0 bridgehead atoms. The van der Waals surface area contributed by atoms with Crippen molar-refractivity contribution in [1.29, 1.82) is 0 Å². The zero-order valence-electron chi connectivity index (χ0n) is 9.49. The van der Waals surface area contributed by atoms with Crippen molar-refractivity contribution < 1.29 is 13.2 Å². The van der Waals surface area contributed by atoms with Gasteiger partial charge in [-0.05, 0) is 23.8 Å². The fourth-order valence-electron chi connectivity index (χ4n) is 1.32. The number of alkyl halides is 3. The van der Waals surface area contributed by atoms with Gasteiger partial charge in [-0.3, -0.25) is 4.98 Å². The number of thioether (sulfide) groups is 1. The van der Waals surface area contributed by atoms with Crippen LogP contribution in [0.15, 0.2) is 41.8 Å². The molecular weight excluding hydrogens is 297 g/mol. The minimum Gasteiger partial charge on any atom is -0.265 e. The van der Waals surface area contributed by atoms with E-state index < -0.39 is 11.7 Å². The van der Waals surface area contributed by atoms with Gasteiger partial charge in [0, 0.05) is 24.3 Å². The first kappa shape index (κ1) is 14.1. The lowest BCUT2D eigenvalue weighted by molar-refractivity contribution is -0.137. The normalized spacial score (nSPS) is 11.6. The first-order chi connectivity index (χ1) is 8.97. The molecule has 0 amide bonds. The van der Waals surface area contributed by atoms with Crippen LogP contribution in [0, 0.1) is 0 Å². The van der Waals surface area contributed by atoms with Crippen molar-refractivity contribution in [3.05, 3.63) is 52.9 Å². The van der Waals surface area contributed by atoms with E-state index in [1.54, 1.807) is 12.4 Å². The van der Waals surface area contributed by atoms with Crippen LogP contribution < -0.4 is 0 Å². The van der Waals surface area contributed by atoms with Crippen LogP contribution in [0.1, 0.15) is 11.1 Å². The summed E-state index contributed by atoms with van der Waals surface area (Å²) in [7, 11) is 0. The third kappa shape index (κ3) is 3.84. The lowest BCUT2D eigenvalue weighted by Crippen LogP contribution is -2.05. The quantitative estimate of drug-likeness (QED) is 0.784. The predicted molar refractivity (Wildman–Crippen MR) is 68.0 cm³/mol. The molecule has 0 saturated carbocycles. The van der Waals surface area contributed by atoms with Crippen LogP contribution in [0.25, 0.3) is 0 Å². The first-order valence-corrected chi connectivity index (χ1v) is 6.57. The van der Waals surface area contributed by atoms with Crippen LogP contribution in [-0.2, 0) is 11.9 Å². The van der Waals surface area contributed by atoms with E-state index >= 15 is 0 Å². The molecule has 100 valence electrons. The molecule has 7 heteroatoms. The van der Waals surface area contributed by atoms with Gasteiger partial charge in [-0.1, -0.05) is 11.6 Å². The Morgan fingerprint density at radius 3 is 2.47 bits per heavy atom. The van der Waals surface area contributed by atoms with Crippen molar-refractivity contribution in [3.8, 4) is 0 Å². The van der Waals surface area contributed by atoms with Crippen molar-refractivity contribution >= 4 is 23.4 Å². The SMILES string of the molecule is FC(F)(F)c1cnc(SCc2ccncc2)c(Cl)c1. The molecule has 0 fully saturated rings. The van der Waals surface area contributed by atoms with E-state index in [0.717, 1.165) is 17.8 Å². The Morgan fingerprint density at radius 1 is 1.21 bits per heavy atom. The highest BCUT2D eigenvalue weighted by Crippen LogP contribution is 2.34. The van der Waals surface area contributed by atoms with E-state index in [4.69, 9.17) is 11.6 Å². The van der Waals surface area contributed by atoms with Crippen molar-refractivity contribution in [1.82, 2.24) is 9.97 Å². The average Bonchev–Trinajstić information content (AvgIpc) is 2.37. The molecule has 0 aliphatic heterocycles. The maximum atomic E-state index is 12.4. The summed E-state index contributed by atoms with van der Waals surface area (Å²) < 4.78 is 37.3. The third-order valence-electron chi connectivity index (χ3n) is 2.26. The van der Waals surface area contributed by atoms with Gasteiger partial charge in [0.2, 0.25) is 0 Å². The number of pyridine rings is 2. The van der Waals surface area contributed by atoms with Crippen LogP contribution >= 0.6 is 23.4 Å². The lowest BCUT2D eigenvalue weighted by Gasteiger charge is -2.08. The molecule has 0 aliphatic rings. The molecule has 0 spiro atoms. The largest absolute Gasteiger partial charge is 0.417 e. The average molecular weight is 305 g/mol. The summed E-state index contributed by atoms with van der Waals surface area (Å²) in [5.41, 5.74) is 0.156. The van der Waals surface area contributed by atoms with Gasteiger partial charge >= 0.3 is 6.18 Å². The standard InChI is InChI=1S/C12H8ClF3N2S/c13-10-5-9(12(14,15)16)6-18-11(10)19-7-8-1-3-17-4-2-8/h1-6H,7H2. The number of rotatable bonds is 3. The summed E-state index contributed by atoms with van der Waals surface area (Å²) in [4.78, 5) is 7.64. The van der Waals surface area contributed by atoms with Gasteiger partial charge in [-0.2, -0.15) is 13.2 Å². The van der Waals surface area contributed by atoms with Crippen LogP contribution in [0.2, 0.25) is 5.02 Å². The highest BCUT2D eigenvalue weighted by atomic mass is 35.5. The van der Waals surface area contributed by atoms with Crippen LogP contribution in [0.3, 0.4) is 0 Å². The molecule has 0 aliphatic carbocycles. The molecule has 2 heterocycles. The second kappa shape index (κ2) is 5.79. The Balaban J connectivity index is 2.10. The van der Waals surface area contributed by atoms with E-state index in [9.17, 15) is 13.2 Å². The molecule has 19 heavy (non-hydrogen) atoms. The summed E-state index contributed by atoms with van der Waals surface area (Å²) in [5.74, 6) is 0.570. The van der Waals surface area contributed by atoms with Crippen molar-refractivity contribution in [2.45, 2.75) is 17.0 Å². The van der Waals surface area contributed by atoms with Gasteiger partial charge in [-0.25, -0.2) is 4.98 Å². The van der Waals surface area contributed by atoms with Crippen molar-refractivity contribution in [2.24, 2.45) is 0 Å². The van der Waals surface area contributed by atoms with E-state index in [-0.39, 0.29) is 5.02 Å². The second-order valence-electron chi connectivity index (χ2n) is 3.65. The number of hydrogen-bond donors (Lipinski definition) is 0. The number of hydrogen-bond acceptors (Lipinski definition) is 3. The minimum atomic E-state index is -4.43. The maximum Gasteiger partial charge on any atom is 0.417 e. The smallest absolute Gasteiger partial charge is 0.265 e. The van der Waals surface area contributed by atoms with Crippen LogP contribution in [0.4, 0.5) is 13.2 Å². The maximum absolute atomic E-state index is 12.4. The van der Waals surface area contributed by atoms with Crippen LogP contribution in [0.5, 0.6) is 0 Å². The van der Waals surface area contributed by atoms with E-state index in [0.29, 0.717) is 10.8 Å². The summed E-state index contributed by atoms with van der Waals surface area (Å²) >= 11 is 7.09. The Bertz CT molecular complexity index is 561. The van der Waals surface area contributed by atoms with E-state index in [2.05, 4.69) is 9.97 Å². The molecule has 2 aromatic heterocycles. The minimum absolute atomic E-state index is 0.00822. The van der Waals surface area contributed by atoms with Gasteiger partial charge in [0.25, 0.3) is 0 Å². The van der Waals surface area contributed by atoms with Crippen molar-refractivity contribution in [3.63, 3.8) is 0 Å². The molecule has 2 rings (SSSR count). The molecule has 0 atom stereocenters. The van der Waals surface area contributed by atoms with Crippen molar-refractivity contribution in [2.75, 3.05) is 0 Å². The molecule has 2 nitrogen and oxygen atoms in total. The molecule has 0 aromatic carbocycles. The third-order valence-corrected chi connectivity index (χ3v) is 3.74. The molecular formula is C12H8ClF3N2S. The zero-order valence-corrected chi connectivity index (χ0v) is 11.1. The molecule has 2 aromatic rings. The summed E-state index contributed by atoms with van der Waals surface area (Å²) in [5, 5.41) is 0.389. The highest BCUT2D eigenvalue weighted by Gasteiger charge is 2.31. The molecule has 0 unspecified atom stereocenters. The fourth-order valence-corrected chi connectivity index (χ4v) is 2.47. The Labute approximate surface area is 117 Å². The van der Waals surface area contributed by atoms with Gasteiger partial charge in [0.15, 0.2) is 0 Å². The van der Waals surface area contributed by atoms with Gasteiger partial charge in [0.1, 0.15) is 5.03 Å². The molecule has 0 N–H and O–H groups in total. The van der Waals surface area contributed by atoms with Crippen LogP contribution in [-0.4, -0.2) is 9.97 Å². The molecule has 0 saturated heterocycles. The zero-order chi connectivity index (χ0) is 13.9. The van der Waals surface area contributed by atoms with E-state index in [1.807, 2.05) is 12.1 Å². The van der Waals surface area contributed by atoms with E-state index in [1.165, 1.54) is 11.8 Å². The fraction of sp³-hybridized carbons (Fsp3) is 0.167. The van der Waals surface area contributed by atoms with Gasteiger partial charge in [-0.15, -0.1) is 11.8 Å². The Morgan fingerprint density at radius 2 is 1.89 bits per heavy atom. The summed E-state index contributed by atoms with van der Waals surface area (Å²) in [6, 6.07) is 4.54. The topological polar surface area (TPSA) is 25.8 Å². The number of halogens is 4. The Hall–Kier alpha value is -1.27. The monoisotopic (exact) mass is 304 g/mol. The first-order valence-electron chi connectivity index (χ1n) is 5.21. The number of aromatic nitrogens is 2. The Kier molecular flexibility index (Phi) is 4.31. The number of nitrogens with zero attached hydrogens (tertiary/aromatic N) is 2. The summed E-state index contributed by atoms with van der Waals surface area (Å²) in [6.07, 6.45) is -0.332. The summed E-state index contributed by atoms with van der Waals surface area (Å²) in [6.45, 7) is 0. The highest BCUT2D eigenvalue weighted by molar-refractivity contribution is 7.98. The van der Waals surface area contributed by atoms with Gasteiger partial charge < -0.3 is 0 Å². The second-order valence-corrected chi connectivity index (χ2v) is 5.02. The van der Waals surface area contributed by atoms with Gasteiger partial charge in [0.05, 0.1) is 10.6 Å².